The molecule has 5 nitrogen and oxygen atoms in total. The summed E-state index contributed by atoms with van der Waals surface area (Å²) >= 11 is 0. The number of hydrogen-bond acceptors (Lipinski definition) is 4. The second-order valence-corrected chi connectivity index (χ2v) is 5.07. The number of amides is 1. The molecule has 1 aliphatic heterocycles. The Bertz CT molecular complexity index is 541. The molecule has 1 aromatic carbocycles. The summed E-state index contributed by atoms with van der Waals surface area (Å²) in [6.07, 6.45) is 2.96. The molecule has 0 unspecified atom stereocenters. The second kappa shape index (κ2) is 8.44. The van der Waals surface area contributed by atoms with E-state index in [0.717, 1.165) is 30.8 Å². The number of benzene rings is 1. The lowest BCUT2D eigenvalue weighted by Gasteiger charge is -2.20. The van der Waals surface area contributed by atoms with E-state index in [1.54, 1.807) is 0 Å². The molecule has 22 heavy (non-hydrogen) atoms. The first-order chi connectivity index (χ1) is 10.8. The van der Waals surface area contributed by atoms with Crippen LogP contribution in [0.5, 0.6) is 11.5 Å². The van der Waals surface area contributed by atoms with E-state index in [-0.39, 0.29) is 12.5 Å². The van der Waals surface area contributed by atoms with Gasteiger partial charge in [0.2, 0.25) is 0 Å². The highest BCUT2D eigenvalue weighted by atomic mass is 16.5. The van der Waals surface area contributed by atoms with Gasteiger partial charge in [0.15, 0.2) is 11.5 Å². The van der Waals surface area contributed by atoms with Crippen molar-refractivity contribution in [1.82, 2.24) is 10.6 Å². The molecule has 2 N–H and O–H groups in total. The lowest BCUT2D eigenvalue weighted by atomic mass is 10.1. The quantitative estimate of drug-likeness (QED) is 0.721. The van der Waals surface area contributed by atoms with Crippen LogP contribution < -0.4 is 20.1 Å². The van der Waals surface area contributed by atoms with Crippen LogP contribution >= 0.6 is 0 Å². The first-order valence-corrected chi connectivity index (χ1v) is 7.84. The molecule has 0 aromatic heterocycles. The first kappa shape index (κ1) is 16.4. The molecule has 1 aliphatic rings. The van der Waals surface area contributed by atoms with E-state index in [9.17, 15) is 4.79 Å². The zero-order valence-electron chi connectivity index (χ0n) is 13.3. The van der Waals surface area contributed by atoms with E-state index in [0.29, 0.717) is 24.5 Å². The van der Waals surface area contributed by atoms with E-state index < -0.39 is 0 Å². The van der Waals surface area contributed by atoms with Gasteiger partial charge in [-0.3, -0.25) is 4.79 Å². The average molecular weight is 304 g/mol. The minimum Gasteiger partial charge on any atom is -0.490 e. The fourth-order valence-electron chi connectivity index (χ4n) is 2.26. The molecular formula is C17H24N2O3. The van der Waals surface area contributed by atoms with Crippen molar-refractivity contribution in [3.05, 3.63) is 29.3 Å². The van der Waals surface area contributed by atoms with Crippen molar-refractivity contribution in [3.63, 3.8) is 0 Å². The molecule has 0 saturated heterocycles. The summed E-state index contributed by atoms with van der Waals surface area (Å²) in [4.78, 5) is 12.1. The standard InChI is InChI=1S/C17H24N2O3/c1-3-8-18-9-10-19-17(20)14-11-13-6-5-7-15(21-4-2)16(13)22-12-14/h5-7,11,18H,3-4,8-10,12H2,1-2H3,(H,19,20). The zero-order chi connectivity index (χ0) is 15.8. The van der Waals surface area contributed by atoms with Crippen LogP contribution in [0.25, 0.3) is 6.08 Å². The molecule has 0 saturated carbocycles. The Morgan fingerprint density at radius 1 is 1.27 bits per heavy atom. The van der Waals surface area contributed by atoms with Crippen molar-refractivity contribution < 1.29 is 14.3 Å². The molecule has 0 aliphatic carbocycles. The third-order valence-electron chi connectivity index (χ3n) is 3.32. The van der Waals surface area contributed by atoms with Crippen LogP contribution in [0, 0.1) is 0 Å². The van der Waals surface area contributed by atoms with Gasteiger partial charge in [-0.15, -0.1) is 0 Å². The molecule has 0 bridgehead atoms. The third-order valence-corrected chi connectivity index (χ3v) is 3.32. The average Bonchev–Trinajstić information content (AvgIpc) is 2.54. The van der Waals surface area contributed by atoms with Crippen LogP contribution in [0.3, 0.4) is 0 Å². The molecule has 120 valence electrons. The molecular weight excluding hydrogens is 280 g/mol. The van der Waals surface area contributed by atoms with E-state index in [1.165, 1.54) is 0 Å². The Balaban J connectivity index is 1.96. The van der Waals surface area contributed by atoms with Gasteiger partial charge >= 0.3 is 0 Å². The summed E-state index contributed by atoms with van der Waals surface area (Å²) in [5.74, 6) is 1.36. The van der Waals surface area contributed by atoms with E-state index >= 15 is 0 Å². The molecule has 0 radical (unpaired) electrons. The Kier molecular flexibility index (Phi) is 6.27. The van der Waals surface area contributed by atoms with Crippen molar-refractivity contribution in [3.8, 4) is 11.5 Å². The number of hydrogen-bond donors (Lipinski definition) is 2. The normalized spacial score (nSPS) is 12.9. The lowest BCUT2D eigenvalue weighted by Crippen LogP contribution is -2.34. The Morgan fingerprint density at radius 2 is 2.14 bits per heavy atom. The summed E-state index contributed by atoms with van der Waals surface area (Å²) in [6, 6.07) is 5.70. The van der Waals surface area contributed by atoms with Gasteiger partial charge in [0.05, 0.1) is 12.2 Å². The van der Waals surface area contributed by atoms with Crippen molar-refractivity contribution in [2.45, 2.75) is 20.3 Å². The van der Waals surface area contributed by atoms with Crippen LogP contribution in [0.4, 0.5) is 0 Å². The summed E-state index contributed by atoms with van der Waals surface area (Å²) in [6.45, 7) is 7.26. The van der Waals surface area contributed by atoms with Gasteiger partial charge in [0.1, 0.15) is 6.61 Å². The molecule has 1 aromatic rings. The minimum absolute atomic E-state index is 0.0780. The fraction of sp³-hybridized carbons (Fsp3) is 0.471. The third kappa shape index (κ3) is 4.24. The molecule has 5 heteroatoms. The minimum atomic E-state index is -0.0780. The topological polar surface area (TPSA) is 59.6 Å². The number of ether oxygens (including phenoxy) is 2. The van der Waals surface area contributed by atoms with Gasteiger partial charge in [0, 0.05) is 18.7 Å². The van der Waals surface area contributed by atoms with Gasteiger partial charge in [-0.25, -0.2) is 0 Å². The van der Waals surface area contributed by atoms with Crippen molar-refractivity contribution in [2.75, 3.05) is 32.8 Å². The molecule has 0 atom stereocenters. The van der Waals surface area contributed by atoms with Crippen molar-refractivity contribution in [1.29, 1.82) is 0 Å². The fourth-order valence-corrected chi connectivity index (χ4v) is 2.26. The van der Waals surface area contributed by atoms with Crippen LogP contribution in [-0.2, 0) is 4.79 Å². The Morgan fingerprint density at radius 3 is 2.91 bits per heavy atom. The van der Waals surface area contributed by atoms with Gasteiger partial charge in [-0.1, -0.05) is 19.1 Å². The molecule has 0 fully saturated rings. The zero-order valence-corrected chi connectivity index (χ0v) is 13.3. The monoisotopic (exact) mass is 304 g/mol. The van der Waals surface area contributed by atoms with Gasteiger partial charge < -0.3 is 20.1 Å². The highest BCUT2D eigenvalue weighted by Gasteiger charge is 2.19. The van der Waals surface area contributed by atoms with E-state index in [4.69, 9.17) is 9.47 Å². The molecule has 1 heterocycles. The largest absolute Gasteiger partial charge is 0.490 e. The Labute approximate surface area is 131 Å². The van der Waals surface area contributed by atoms with E-state index in [2.05, 4.69) is 17.6 Å². The summed E-state index contributed by atoms with van der Waals surface area (Å²) in [5, 5.41) is 6.15. The smallest absolute Gasteiger partial charge is 0.250 e. The number of fused-ring (bicyclic) bond motifs is 1. The van der Waals surface area contributed by atoms with Crippen LogP contribution in [0.2, 0.25) is 0 Å². The number of rotatable bonds is 8. The van der Waals surface area contributed by atoms with Crippen molar-refractivity contribution >= 4 is 12.0 Å². The summed E-state index contributed by atoms with van der Waals surface area (Å²) in [5.41, 5.74) is 1.52. The second-order valence-electron chi connectivity index (χ2n) is 5.07. The lowest BCUT2D eigenvalue weighted by molar-refractivity contribution is -0.117. The summed E-state index contributed by atoms with van der Waals surface area (Å²) < 4.78 is 11.3. The maximum absolute atomic E-state index is 12.1. The maximum atomic E-state index is 12.1. The SMILES string of the molecule is CCCNCCNC(=O)C1=Cc2cccc(OCC)c2OC1. The van der Waals surface area contributed by atoms with Crippen LogP contribution in [0.15, 0.2) is 23.8 Å². The van der Waals surface area contributed by atoms with Crippen LogP contribution in [0.1, 0.15) is 25.8 Å². The van der Waals surface area contributed by atoms with Gasteiger partial charge in [-0.2, -0.15) is 0 Å². The highest BCUT2D eigenvalue weighted by molar-refractivity contribution is 5.99. The predicted octanol–water partition coefficient (Wildman–Crippen LogP) is 1.98. The highest BCUT2D eigenvalue weighted by Crippen LogP contribution is 2.35. The van der Waals surface area contributed by atoms with Gasteiger partial charge in [0.25, 0.3) is 5.91 Å². The summed E-state index contributed by atoms with van der Waals surface area (Å²) in [7, 11) is 0. The van der Waals surface area contributed by atoms with Crippen LogP contribution in [-0.4, -0.2) is 38.8 Å². The van der Waals surface area contributed by atoms with Gasteiger partial charge in [-0.05, 0) is 32.0 Å². The molecule has 2 rings (SSSR count). The Hall–Kier alpha value is -2.01. The number of para-hydroxylation sites is 1. The number of carbonyl (C=O) groups is 1. The number of carbonyl (C=O) groups excluding carboxylic acids is 1. The predicted molar refractivity (Wildman–Crippen MR) is 87.3 cm³/mol. The first-order valence-electron chi connectivity index (χ1n) is 7.84. The molecule has 1 amide bonds. The van der Waals surface area contributed by atoms with E-state index in [1.807, 2.05) is 31.2 Å². The number of nitrogens with one attached hydrogen (secondary N) is 2. The molecule has 0 spiro atoms. The maximum Gasteiger partial charge on any atom is 0.250 e. The van der Waals surface area contributed by atoms with Crippen molar-refractivity contribution in [2.24, 2.45) is 0 Å².